The molecule has 2 unspecified atom stereocenters. The number of piperidine rings is 1. The Kier molecular flexibility index (Phi) is 4.31. The topological polar surface area (TPSA) is 41.6 Å². The first-order valence-corrected chi connectivity index (χ1v) is 9.03. The number of carbonyl (C=O) groups is 1. The Morgan fingerprint density at radius 2 is 1.88 bits per heavy atom. The molecule has 24 heavy (non-hydrogen) atoms. The Labute approximate surface area is 142 Å². The molecule has 4 rings (SSSR count). The van der Waals surface area contributed by atoms with Gasteiger partial charge in [-0.15, -0.1) is 0 Å². The fraction of sp³-hybridized carbons (Fsp3) is 0.632. The largest absolute Gasteiger partial charge is 0.381 e. The lowest BCUT2D eigenvalue weighted by Gasteiger charge is -2.43. The van der Waals surface area contributed by atoms with Gasteiger partial charge in [-0.25, -0.2) is 4.39 Å². The van der Waals surface area contributed by atoms with Gasteiger partial charge in [-0.05, 0) is 61.9 Å². The number of likely N-dealkylation sites (tertiary alicyclic amines) is 1. The van der Waals surface area contributed by atoms with E-state index in [-0.39, 0.29) is 11.7 Å². The SMILES string of the molecule is O=C(N1CCC2CNCC2C1)C1(c2ccc(F)cc2)CCOCC1. The smallest absolute Gasteiger partial charge is 0.233 e. The summed E-state index contributed by atoms with van der Waals surface area (Å²) in [5.74, 6) is 1.24. The summed E-state index contributed by atoms with van der Waals surface area (Å²) < 4.78 is 18.9. The number of amides is 1. The van der Waals surface area contributed by atoms with E-state index in [9.17, 15) is 9.18 Å². The van der Waals surface area contributed by atoms with Crippen molar-refractivity contribution in [2.24, 2.45) is 11.8 Å². The minimum absolute atomic E-state index is 0.211. The molecule has 3 aliphatic heterocycles. The van der Waals surface area contributed by atoms with Crippen molar-refractivity contribution in [2.45, 2.75) is 24.7 Å². The number of carbonyl (C=O) groups excluding carboxylic acids is 1. The standard InChI is InChI=1S/C19H25FN2O2/c20-17-3-1-16(2-4-17)19(6-9-24-10-7-19)18(23)22-8-5-14-11-21-12-15(14)13-22/h1-4,14-15,21H,5-13H2. The first-order chi connectivity index (χ1) is 11.7. The number of rotatable bonds is 2. The predicted octanol–water partition coefficient (Wildman–Crippen LogP) is 1.94. The van der Waals surface area contributed by atoms with Crippen LogP contribution in [0.2, 0.25) is 0 Å². The average Bonchev–Trinajstić information content (AvgIpc) is 3.10. The lowest BCUT2D eigenvalue weighted by molar-refractivity contribution is -0.143. The van der Waals surface area contributed by atoms with Gasteiger partial charge >= 0.3 is 0 Å². The van der Waals surface area contributed by atoms with Crippen molar-refractivity contribution < 1.29 is 13.9 Å². The highest BCUT2D eigenvalue weighted by atomic mass is 19.1. The van der Waals surface area contributed by atoms with Crippen LogP contribution in [0.15, 0.2) is 24.3 Å². The van der Waals surface area contributed by atoms with Crippen LogP contribution >= 0.6 is 0 Å². The van der Waals surface area contributed by atoms with Crippen LogP contribution in [0, 0.1) is 17.7 Å². The van der Waals surface area contributed by atoms with E-state index < -0.39 is 5.41 Å². The second kappa shape index (κ2) is 6.45. The van der Waals surface area contributed by atoms with Crippen molar-refractivity contribution in [3.63, 3.8) is 0 Å². The maximum atomic E-state index is 13.5. The second-order valence-electron chi connectivity index (χ2n) is 7.42. The van der Waals surface area contributed by atoms with Gasteiger partial charge in [0.2, 0.25) is 5.91 Å². The number of nitrogens with zero attached hydrogens (tertiary/aromatic N) is 1. The molecular weight excluding hydrogens is 307 g/mol. The lowest BCUT2D eigenvalue weighted by Crippen LogP contribution is -2.53. The van der Waals surface area contributed by atoms with Gasteiger partial charge < -0.3 is 15.0 Å². The summed E-state index contributed by atoms with van der Waals surface area (Å²) in [6.45, 7) is 4.96. The fourth-order valence-electron chi connectivity index (χ4n) is 4.64. The van der Waals surface area contributed by atoms with Crippen LogP contribution < -0.4 is 5.32 Å². The number of ether oxygens (including phenoxy) is 1. The highest BCUT2D eigenvalue weighted by Crippen LogP contribution is 2.38. The van der Waals surface area contributed by atoms with Crippen molar-refractivity contribution in [1.29, 1.82) is 0 Å². The molecule has 3 heterocycles. The van der Waals surface area contributed by atoms with Crippen molar-refractivity contribution >= 4 is 5.91 Å². The quantitative estimate of drug-likeness (QED) is 0.900. The lowest BCUT2D eigenvalue weighted by atomic mass is 9.72. The zero-order valence-electron chi connectivity index (χ0n) is 14.0. The fourth-order valence-corrected chi connectivity index (χ4v) is 4.64. The summed E-state index contributed by atoms with van der Waals surface area (Å²) in [6.07, 6.45) is 2.44. The highest BCUT2D eigenvalue weighted by Gasteiger charge is 2.46. The van der Waals surface area contributed by atoms with Gasteiger partial charge in [0.25, 0.3) is 0 Å². The number of hydrogen-bond acceptors (Lipinski definition) is 3. The van der Waals surface area contributed by atoms with Crippen LogP contribution in [0.3, 0.4) is 0 Å². The molecule has 0 bridgehead atoms. The molecule has 3 fully saturated rings. The first kappa shape index (κ1) is 16.0. The molecule has 3 saturated heterocycles. The van der Waals surface area contributed by atoms with Gasteiger partial charge in [0.1, 0.15) is 5.82 Å². The number of benzene rings is 1. The van der Waals surface area contributed by atoms with Crippen LogP contribution in [-0.2, 0) is 14.9 Å². The van der Waals surface area contributed by atoms with Crippen LogP contribution in [-0.4, -0.2) is 50.2 Å². The van der Waals surface area contributed by atoms with Crippen molar-refractivity contribution in [1.82, 2.24) is 10.2 Å². The molecule has 130 valence electrons. The summed E-state index contributed by atoms with van der Waals surface area (Å²) >= 11 is 0. The molecule has 0 aliphatic carbocycles. The van der Waals surface area contributed by atoms with Gasteiger partial charge in [0.15, 0.2) is 0 Å². The van der Waals surface area contributed by atoms with Crippen LogP contribution in [0.25, 0.3) is 0 Å². The molecule has 0 saturated carbocycles. The first-order valence-electron chi connectivity index (χ1n) is 9.03. The van der Waals surface area contributed by atoms with E-state index in [1.807, 2.05) is 0 Å². The summed E-state index contributed by atoms with van der Waals surface area (Å²) in [6, 6.07) is 6.49. The maximum Gasteiger partial charge on any atom is 0.233 e. The molecule has 0 spiro atoms. The number of nitrogens with one attached hydrogen (secondary N) is 1. The van der Waals surface area contributed by atoms with Crippen LogP contribution in [0.5, 0.6) is 0 Å². The molecule has 2 atom stereocenters. The molecule has 0 radical (unpaired) electrons. The monoisotopic (exact) mass is 332 g/mol. The van der Waals surface area contributed by atoms with Crippen molar-refractivity contribution in [3.8, 4) is 0 Å². The number of halogens is 1. The van der Waals surface area contributed by atoms with Crippen molar-refractivity contribution in [2.75, 3.05) is 39.4 Å². The molecule has 1 aromatic carbocycles. The van der Waals surface area contributed by atoms with E-state index in [2.05, 4.69) is 10.2 Å². The van der Waals surface area contributed by atoms with E-state index in [1.165, 1.54) is 12.1 Å². The highest BCUT2D eigenvalue weighted by molar-refractivity contribution is 5.88. The number of hydrogen-bond donors (Lipinski definition) is 1. The molecule has 3 aliphatic rings. The Balaban J connectivity index is 1.61. The van der Waals surface area contributed by atoms with Gasteiger partial charge in [0, 0.05) is 26.3 Å². The molecule has 1 amide bonds. The summed E-state index contributed by atoms with van der Waals surface area (Å²) in [5, 5.41) is 3.45. The molecule has 4 nitrogen and oxygen atoms in total. The Morgan fingerprint density at radius 3 is 2.62 bits per heavy atom. The van der Waals surface area contributed by atoms with Gasteiger partial charge in [-0.3, -0.25) is 4.79 Å². The molecule has 1 aromatic rings. The minimum atomic E-state index is -0.551. The van der Waals surface area contributed by atoms with Crippen LogP contribution in [0.4, 0.5) is 4.39 Å². The molecular formula is C19H25FN2O2. The van der Waals surface area contributed by atoms with Crippen LogP contribution in [0.1, 0.15) is 24.8 Å². The third-order valence-electron chi connectivity index (χ3n) is 6.14. The van der Waals surface area contributed by atoms with E-state index in [1.54, 1.807) is 12.1 Å². The molecule has 5 heteroatoms. The third-order valence-corrected chi connectivity index (χ3v) is 6.14. The zero-order chi connectivity index (χ0) is 16.6. The normalized spacial score (nSPS) is 29.3. The number of fused-ring (bicyclic) bond motifs is 1. The Hall–Kier alpha value is -1.46. The second-order valence-corrected chi connectivity index (χ2v) is 7.42. The summed E-state index contributed by atoms with van der Waals surface area (Å²) in [5.41, 5.74) is 0.383. The predicted molar refractivity (Wildman–Crippen MR) is 89.2 cm³/mol. The van der Waals surface area contributed by atoms with E-state index >= 15 is 0 Å². The van der Waals surface area contributed by atoms with E-state index in [4.69, 9.17) is 4.74 Å². The van der Waals surface area contributed by atoms with E-state index in [0.29, 0.717) is 37.9 Å². The van der Waals surface area contributed by atoms with Gasteiger partial charge in [-0.1, -0.05) is 12.1 Å². The van der Waals surface area contributed by atoms with Gasteiger partial charge in [0.05, 0.1) is 5.41 Å². The average molecular weight is 332 g/mol. The Bertz CT molecular complexity index is 598. The minimum Gasteiger partial charge on any atom is -0.381 e. The van der Waals surface area contributed by atoms with E-state index in [0.717, 1.165) is 38.2 Å². The molecule has 1 N–H and O–H groups in total. The Morgan fingerprint density at radius 1 is 1.17 bits per heavy atom. The summed E-state index contributed by atoms with van der Waals surface area (Å²) in [4.78, 5) is 15.6. The van der Waals surface area contributed by atoms with Gasteiger partial charge in [-0.2, -0.15) is 0 Å². The third kappa shape index (κ3) is 2.74. The zero-order valence-corrected chi connectivity index (χ0v) is 14.0. The molecule has 0 aromatic heterocycles. The summed E-state index contributed by atoms with van der Waals surface area (Å²) in [7, 11) is 0. The maximum absolute atomic E-state index is 13.5. The van der Waals surface area contributed by atoms with Crippen molar-refractivity contribution in [3.05, 3.63) is 35.6 Å².